The number of nitrogens with two attached hydrogens (primary N) is 1. The fraction of sp³-hybridized carbons (Fsp3) is 0.526. The van der Waals surface area contributed by atoms with E-state index in [2.05, 4.69) is 21.8 Å². The number of amides is 1. The van der Waals surface area contributed by atoms with E-state index >= 15 is 4.39 Å². The number of aryl methyl sites for hydroxylation is 1. The van der Waals surface area contributed by atoms with E-state index in [1.54, 1.807) is 18.8 Å². The van der Waals surface area contributed by atoms with Crippen LogP contribution in [0.3, 0.4) is 0 Å². The molecule has 0 aliphatic carbocycles. The second-order valence-electron chi connectivity index (χ2n) is 14.8. The molecular weight excluding hydrogens is 730 g/mol. The molecule has 6 heterocycles. The lowest BCUT2D eigenvalue weighted by Crippen LogP contribution is -2.43. The molecule has 2 aromatic heterocycles. The molecular formula is C38H42F6N8O3. The number of nitrogens with zero attached hydrogens (tertiary/aromatic N) is 7. The van der Waals surface area contributed by atoms with Crippen molar-refractivity contribution in [2.45, 2.75) is 83.5 Å². The lowest BCUT2D eigenvalue weighted by atomic mass is 9.90. The summed E-state index contributed by atoms with van der Waals surface area (Å²) in [5.74, 6) is 3.45. The average Bonchev–Trinajstić information content (AvgIpc) is 3.70. The van der Waals surface area contributed by atoms with Gasteiger partial charge in [-0.25, -0.2) is 4.39 Å². The van der Waals surface area contributed by atoms with Crippen molar-refractivity contribution < 1.29 is 40.6 Å². The van der Waals surface area contributed by atoms with Gasteiger partial charge in [0.1, 0.15) is 12.4 Å². The van der Waals surface area contributed by atoms with Gasteiger partial charge in [0.05, 0.1) is 47.4 Å². The number of aromatic nitrogens is 4. The second-order valence-corrected chi connectivity index (χ2v) is 14.8. The number of rotatable bonds is 7. The van der Waals surface area contributed by atoms with Crippen LogP contribution in [0.4, 0.5) is 37.8 Å². The third-order valence-corrected chi connectivity index (χ3v) is 11.1. The Bertz CT molecular complexity index is 2100. The SMILES string of the molecule is CC#Cc1cc(N)c(F)c([C@@H]2Cc3nc(OC[C@]45CCCN4C[C@@H](C=C(F)F)C5)nc(N4CCCn5nc(C(=O)N(C)C)c(C)c5C4)c3CO2)c1C(F)(F)F. The van der Waals surface area contributed by atoms with E-state index in [1.165, 1.54) is 11.8 Å². The number of anilines is 2. The number of ether oxygens (including phenoxy) is 2. The summed E-state index contributed by atoms with van der Waals surface area (Å²) < 4.78 is 100. The van der Waals surface area contributed by atoms with Gasteiger partial charge in [-0.3, -0.25) is 14.4 Å². The van der Waals surface area contributed by atoms with Crippen molar-refractivity contribution in [2.24, 2.45) is 5.92 Å². The third-order valence-electron chi connectivity index (χ3n) is 11.1. The molecule has 3 aromatic rings. The van der Waals surface area contributed by atoms with Crippen LogP contribution in [0.1, 0.15) is 88.4 Å². The molecule has 0 spiro atoms. The molecule has 0 saturated carbocycles. The van der Waals surface area contributed by atoms with Gasteiger partial charge in [0.25, 0.3) is 12.0 Å². The molecule has 2 saturated heterocycles. The molecule has 1 amide bonds. The van der Waals surface area contributed by atoms with E-state index in [0.29, 0.717) is 60.8 Å². The smallest absolute Gasteiger partial charge is 0.418 e. The predicted molar refractivity (Wildman–Crippen MR) is 190 cm³/mol. The first-order valence-electron chi connectivity index (χ1n) is 18.2. The molecule has 1 aromatic carbocycles. The molecule has 2 N–H and O–H groups in total. The summed E-state index contributed by atoms with van der Waals surface area (Å²) in [4.78, 5) is 28.1. The van der Waals surface area contributed by atoms with Crippen LogP contribution in [0.25, 0.3) is 0 Å². The molecule has 11 nitrogen and oxygen atoms in total. The molecule has 17 heteroatoms. The standard InChI is InChI=1S/C38H42F6N8O3/c1-5-8-23-14-25(45)32(41)30(31(23)38(42,43)44)28-15-26-24(19-54-28)34(50-10-7-12-52-27(18-50)21(2)33(48-52)35(53)49(3)4)47-36(46-26)55-20-37-9-6-11-51(37)17-22(16-37)13-29(39)40/h13-14,22,28H,6-7,9-12,15-20,45H2,1-4H3/t22-,28-,37+/m0/s1. The number of alkyl halides is 3. The highest BCUT2D eigenvalue weighted by atomic mass is 19.4. The normalized spacial score (nSPS) is 22.3. The van der Waals surface area contributed by atoms with Crippen molar-refractivity contribution in [1.82, 2.24) is 29.5 Å². The Kier molecular flexibility index (Phi) is 10.3. The highest BCUT2D eigenvalue weighted by Gasteiger charge is 2.49. The molecule has 294 valence electrons. The van der Waals surface area contributed by atoms with Crippen molar-refractivity contribution in [3.63, 3.8) is 0 Å². The van der Waals surface area contributed by atoms with E-state index in [-0.39, 0.29) is 44.0 Å². The van der Waals surface area contributed by atoms with Crippen molar-refractivity contribution in [1.29, 1.82) is 0 Å². The molecule has 7 rings (SSSR count). The fourth-order valence-electron chi connectivity index (χ4n) is 8.58. The molecule has 4 aliphatic rings. The van der Waals surface area contributed by atoms with Crippen LogP contribution in [-0.2, 0) is 37.0 Å². The number of hydrogen-bond donors (Lipinski definition) is 1. The Hall–Kier alpha value is -4.82. The van der Waals surface area contributed by atoms with E-state index in [1.807, 2.05) is 11.8 Å². The van der Waals surface area contributed by atoms with E-state index in [0.717, 1.165) is 37.2 Å². The summed E-state index contributed by atoms with van der Waals surface area (Å²) in [5, 5.41) is 4.61. The maximum absolute atomic E-state index is 15.8. The first-order chi connectivity index (χ1) is 26.1. The first-order valence-corrected chi connectivity index (χ1v) is 18.2. The van der Waals surface area contributed by atoms with E-state index in [9.17, 15) is 26.7 Å². The molecule has 0 radical (unpaired) electrons. The van der Waals surface area contributed by atoms with Gasteiger partial charge in [0.2, 0.25) is 0 Å². The maximum atomic E-state index is 15.8. The minimum atomic E-state index is -4.98. The average molecular weight is 773 g/mol. The molecule has 0 bridgehead atoms. The van der Waals surface area contributed by atoms with Crippen molar-refractivity contribution >= 4 is 17.4 Å². The Morgan fingerprint density at radius 2 is 1.98 bits per heavy atom. The highest BCUT2D eigenvalue weighted by Crippen LogP contribution is 2.46. The molecule has 4 aliphatic heterocycles. The van der Waals surface area contributed by atoms with Crippen LogP contribution in [0.5, 0.6) is 6.01 Å². The van der Waals surface area contributed by atoms with Crippen molar-refractivity contribution in [3.05, 3.63) is 68.9 Å². The van der Waals surface area contributed by atoms with Gasteiger partial charge in [-0.1, -0.05) is 5.92 Å². The number of fused-ring (bicyclic) bond motifs is 3. The van der Waals surface area contributed by atoms with Crippen LogP contribution in [0, 0.1) is 30.5 Å². The Morgan fingerprint density at radius 1 is 1.20 bits per heavy atom. The Morgan fingerprint density at radius 3 is 2.69 bits per heavy atom. The zero-order valence-corrected chi connectivity index (χ0v) is 31.0. The first kappa shape index (κ1) is 38.5. The molecule has 2 fully saturated rings. The Balaban J connectivity index is 1.29. The lowest BCUT2D eigenvalue weighted by Gasteiger charge is -2.33. The highest BCUT2D eigenvalue weighted by molar-refractivity contribution is 5.93. The van der Waals surface area contributed by atoms with Gasteiger partial charge in [0.15, 0.2) is 11.5 Å². The van der Waals surface area contributed by atoms with Gasteiger partial charge in [-0.2, -0.15) is 37.0 Å². The number of carbonyl (C=O) groups excluding carboxylic acids is 1. The topological polar surface area (TPSA) is 115 Å². The minimum absolute atomic E-state index is 0.0501. The summed E-state index contributed by atoms with van der Waals surface area (Å²) in [6.45, 7) is 5.55. The monoisotopic (exact) mass is 772 g/mol. The fourth-order valence-corrected chi connectivity index (χ4v) is 8.58. The number of hydrogen-bond acceptors (Lipinski definition) is 9. The van der Waals surface area contributed by atoms with Gasteiger partial charge in [0, 0.05) is 62.4 Å². The van der Waals surface area contributed by atoms with Crippen LogP contribution in [0.15, 0.2) is 18.2 Å². The summed E-state index contributed by atoms with van der Waals surface area (Å²) >= 11 is 0. The quantitative estimate of drug-likeness (QED) is 0.175. The second kappa shape index (κ2) is 14.7. The third kappa shape index (κ3) is 7.21. The number of nitrogen functional groups attached to an aromatic ring is 1. The molecule has 0 unspecified atom stereocenters. The minimum Gasteiger partial charge on any atom is -0.461 e. The van der Waals surface area contributed by atoms with Gasteiger partial charge in [-0.05, 0) is 64.1 Å². The van der Waals surface area contributed by atoms with E-state index < -0.39 is 52.1 Å². The van der Waals surface area contributed by atoms with Crippen molar-refractivity contribution in [2.75, 3.05) is 51.0 Å². The maximum Gasteiger partial charge on any atom is 0.418 e. The summed E-state index contributed by atoms with van der Waals surface area (Å²) in [6, 6.07) is 0.827. The number of benzene rings is 1. The number of halogens is 6. The summed E-state index contributed by atoms with van der Waals surface area (Å²) in [5.41, 5.74) is 5.02. The Labute approximate surface area is 314 Å². The zero-order chi connectivity index (χ0) is 39.4. The van der Waals surface area contributed by atoms with Crippen LogP contribution in [-0.4, -0.2) is 81.3 Å². The van der Waals surface area contributed by atoms with Gasteiger partial charge >= 0.3 is 12.2 Å². The largest absolute Gasteiger partial charge is 0.461 e. The summed E-state index contributed by atoms with van der Waals surface area (Å²) in [7, 11) is 3.30. The lowest BCUT2D eigenvalue weighted by molar-refractivity contribution is -0.140. The van der Waals surface area contributed by atoms with Crippen molar-refractivity contribution in [3.8, 4) is 17.9 Å². The van der Waals surface area contributed by atoms with E-state index in [4.69, 9.17) is 25.2 Å². The summed E-state index contributed by atoms with van der Waals surface area (Å²) in [6.07, 6.45) is -4.77. The van der Waals surface area contributed by atoms with Crippen LogP contribution >= 0.6 is 0 Å². The predicted octanol–water partition coefficient (Wildman–Crippen LogP) is 6.03. The molecule has 55 heavy (non-hydrogen) atoms. The van der Waals surface area contributed by atoms with Gasteiger partial charge in [-0.15, -0.1) is 5.92 Å². The van der Waals surface area contributed by atoms with Crippen LogP contribution < -0.4 is 15.4 Å². The van der Waals surface area contributed by atoms with Crippen LogP contribution in [0.2, 0.25) is 0 Å². The van der Waals surface area contributed by atoms with Gasteiger partial charge < -0.3 is 25.0 Å². The zero-order valence-electron chi connectivity index (χ0n) is 31.0. The number of carbonyl (C=O) groups is 1. The molecule has 3 atom stereocenters.